The molecule has 8 heteroatoms. The van der Waals surface area contributed by atoms with Gasteiger partial charge in [-0.25, -0.2) is 18.6 Å². The quantitative estimate of drug-likeness (QED) is 0.867. The van der Waals surface area contributed by atoms with Gasteiger partial charge in [0.05, 0.1) is 11.0 Å². The molecular weight excluding hydrogens is 328 g/mol. The molecule has 1 unspecified atom stereocenters. The number of likely N-dealkylation sites (tertiary alicyclic amines) is 1. The molecule has 1 saturated heterocycles. The number of urea groups is 1. The number of alkyl halides is 2. The van der Waals surface area contributed by atoms with Crippen molar-refractivity contribution in [2.45, 2.75) is 32.7 Å². The van der Waals surface area contributed by atoms with Crippen LogP contribution in [0, 0.1) is 0 Å². The van der Waals surface area contributed by atoms with Crippen molar-refractivity contribution in [1.82, 2.24) is 19.8 Å². The number of amides is 2. The normalized spacial score (nSPS) is 17.8. The minimum Gasteiger partial charge on any atom is -0.337 e. The van der Waals surface area contributed by atoms with E-state index in [1.54, 1.807) is 23.1 Å². The molecule has 1 aromatic carbocycles. The number of anilines is 1. The van der Waals surface area contributed by atoms with Crippen molar-refractivity contribution in [2.75, 3.05) is 31.5 Å². The smallest absolute Gasteiger partial charge is 0.321 e. The highest BCUT2D eigenvalue weighted by atomic mass is 19.3. The van der Waals surface area contributed by atoms with E-state index in [4.69, 9.17) is 0 Å². The number of benzene rings is 1. The molecule has 0 radical (unpaired) electrons. The summed E-state index contributed by atoms with van der Waals surface area (Å²) in [4.78, 5) is 23.0. The van der Waals surface area contributed by atoms with Crippen molar-refractivity contribution in [3.05, 3.63) is 24.0 Å². The highest BCUT2D eigenvalue weighted by molar-refractivity contribution is 5.92. The molecule has 1 aromatic heterocycles. The van der Waals surface area contributed by atoms with Crippen LogP contribution in [0.1, 0.15) is 32.5 Å². The predicted octanol–water partition coefficient (Wildman–Crippen LogP) is 3.45. The van der Waals surface area contributed by atoms with Crippen molar-refractivity contribution in [2.24, 2.45) is 0 Å². The van der Waals surface area contributed by atoms with E-state index in [0.717, 1.165) is 26.1 Å². The van der Waals surface area contributed by atoms with Crippen LogP contribution >= 0.6 is 0 Å². The number of carbonyl (C=O) groups excluding carboxylic acids is 1. The van der Waals surface area contributed by atoms with Gasteiger partial charge in [0.1, 0.15) is 0 Å². The van der Waals surface area contributed by atoms with Crippen molar-refractivity contribution in [3.8, 4) is 0 Å². The first-order valence-corrected chi connectivity index (χ1v) is 8.59. The van der Waals surface area contributed by atoms with Gasteiger partial charge in [-0.2, -0.15) is 0 Å². The molecule has 1 aliphatic rings. The number of nitrogens with zero attached hydrogens (tertiary/aromatic N) is 3. The molecule has 0 spiro atoms. The van der Waals surface area contributed by atoms with Crippen molar-refractivity contribution >= 4 is 22.8 Å². The van der Waals surface area contributed by atoms with Crippen LogP contribution in [0.25, 0.3) is 11.0 Å². The number of halogens is 2. The Bertz CT molecular complexity index is 744. The molecule has 136 valence electrons. The van der Waals surface area contributed by atoms with E-state index in [0.29, 0.717) is 29.3 Å². The van der Waals surface area contributed by atoms with Crippen LogP contribution in [-0.2, 0) is 0 Å². The van der Waals surface area contributed by atoms with Gasteiger partial charge < -0.3 is 15.2 Å². The molecule has 2 aromatic rings. The molecule has 1 fully saturated rings. The number of hydrogen-bond acceptors (Lipinski definition) is 3. The lowest BCUT2D eigenvalue weighted by Crippen LogP contribution is -2.39. The first kappa shape index (κ1) is 17.6. The number of carbonyl (C=O) groups is 1. The average Bonchev–Trinajstić information content (AvgIpc) is 3.22. The van der Waals surface area contributed by atoms with Gasteiger partial charge in [-0.05, 0) is 37.7 Å². The van der Waals surface area contributed by atoms with Crippen LogP contribution in [0.4, 0.5) is 19.3 Å². The maximum absolute atomic E-state index is 12.7. The van der Waals surface area contributed by atoms with Crippen LogP contribution in [-0.4, -0.2) is 58.0 Å². The minimum absolute atomic E-state index is 0.164. The Morgan fingerprint density at radius 2 is 2.20 bits per heavy atom. The third-order valence-electron chi connectivity index (χ3n) is 4.74. The van der Waals surface area contributed by atoms with Crippen molar-refractivity contribution < 1.29 is 13.6 Å². The van der Waals surface area contributed by atoms with Gasteiger partial charge in [-0.15, -0.1) is 0 Å². The second kappa shape index (κ2) is 7.35. The van der Waals surface area contributed by atoms with Gasteiger partial charge in [0, 0.05) is 24.8 Å². The molecular formula is C17H23F2N5O. The number of likely N-dealkylation sites (N-methyl/N-ethyl adjacent to an activating group) is 1. The summed E-state index contributed by atoms with van der Waals surface area (Å²) in [5, 5.41) is 2.84. The van der Waals surface area contributed by atoms with Crippen molar-refractivity contribution in [1.29, 1.82) is 0 Å². The van der Waals surface area contributed by atoms with Crippen LogP contribution < -0.4 is 5.32 Å². The van der Waals surface area contributed by atoms with Gasteiger partial charge in [-0.1, -0.05) is 13.8 Å². The van der Waals surface area contributed by atoms with E-state index in [9.17, 15) is 13.6 Å². The lowest BCUT2D eigenvalue weighted by Gasteiger charge is -2.26. The van der Waals surface area contributed by atoms with Crippen molar-refractivity contribution in [3.63, 3.8) is 0 Å². The summed E-state index contributed by atoms with van der Waals surface area (Å²) in [5.74, 6) is -0.361. The lowest BCUT2D eigenvalue weighted by atomic mass is 10.2. The summed E-state index contributed by atoms with van der Waals surface area (Å²) in [6.45, 7) is 7.61. The van der Waals surface area contributed by atoms with Gasteiger partial charge in [-0.3, -0.25) is 4.90 Å². The van der Waals surface area contributed by atoms with Crippen LogP contribution in [0.2, 0.25) is 0 Å². The maximum atomic E-state index is 12.7. The number of imidazole rings is 1. The fraction of sp³-hybridized carbons (Fsp3) is 0.529. The van der Waals surface area contributed by atoms with E-state index >= 15 is 0 Å². The van der Waals surface area contributed by atoms with E-state index < -0.39 is 6.43 Å². The molecule has 0 bridgehead atoms. The molecule has 0 aliphatic carbocycles. The SMILES string of the molecule is CCN(CC)C1CCN(C(=O)Nc2ccc3nc(C(F)F)[nH]c3c2)C1. The van der Waals surface area contributed by atoms with Crippen LogP contribution in [0.3, 0.4) is 0 Å². The Balaban J connectivity index is 1.66. The Morgan fingerprint density at radius 1 is 1.44 bits per heavy atom. The molecule has 0 saturated carbocycles. The molecule has 2 heterocycles. The molecule has 2 N–H and O–H groups in total. The van der Waals surface area contributed by atoms with E-state index in [-0.39, 0.29) is 11.9 Å². The molecule has 3 rings (SSSR count). The largest absolute Gasteiger partial charge is 0.337 e. The standard InChI is InChI=1S/C17H23F2N5O/c1-3-23(4-2)12-7-8-24(10-12)17(25)20-11-5-6-13-14(9-11)22-16(21-13)15(18)19/h5-6,9,12,15H,3-4,7-8,10H2,1-2H3,(H,20,25)(H,21,22). The molecule has 6 nitrogen and oxygen atoms in total. The zero-order valence-electron chi connectivity index (χ0n) is 14.4. The first-order chi connectivity index (χ1) is 12.0. The summed E-state index contributed by atoms with van der Waals surface area (Å²) in [6, 6.07) is 5.15. The van der Waals surface area contributed by atoms with Crippen LogP contribution in [0.5, 0.6) is 0 Å². The summed E-state index contributed by atoms with van der Waals surface area (Å²) in [7, 11) is 0. The monoisotopic (exact) mass is 351 g/mol. The summed E-state index contributed by atoms with van der Waals surface area (Å²) >= 11 is 0. The number of hydrogen-bond donors (Lipinski definition) is 2. The zero-order chi connectivity index (χ0) is 18.0. The first-order valence-electron chi connectivity index (χ1n) is 8.59. The van der Waals surface area contributed by atoms with E-state index in [1.165, 1.54) is 0 Å². The van der Waals surface area contributed by atoms with E-state index in [2.05, 4.69) is 34.0 Å². The molecule has 1 atom stereocenters. The highest BCUT2D eigenvalue weighted by Crippen LogP contribution is 2.23. The Morgan fingerprint density at radius 3 is 2.88 bits per heavy atom. The number of nitrogens with one attached hydrogen (secondary N) is 2. The summed E-state index contributed by atoms with van der Waals surface area (Å²) in [6.07, 6.45) is -1.68. The average molecular weight is 351 g/mol. The molecule has 1 aliphatic heterocycles. The second-order valence-corrected chi connectivity index (χ2v) is 6.19. The minimum atomic E-state index is -2.65. The number of aromatic amines is 1. The predicted molar refractivity (Wildman–Crippen MR) is 93.0 cm³/mol. The van der Waals surface area contributed by atoms with Gasteiger partial charge in [0.2, 0.25) is 0 Å². The zero-order valence-corrected chi connectivity index (χ0v) is 14.4. The molecule has 25 heavy (non-hydrogen) atoms. The second-order valence-electron chi connectivity index (χ2n) is 6.19. The topological polar surface area (TPSA) is 64.3 Å². The highest BCUT2D eigenvalue weighted by Gasteiger charge is 2.29. The number of H-pyrrole nitrogens is 1. The third kappa shape index (κ3) is 3.73. The van der Waals surface area contributed by atoms with Gasteiger partial charge >= 0.3 is 6.03 Å². The fourth-order valence-corrected chi connectivity index (χ4v) is 3.38. The van der Waals surface area contributed by atoms with Gasteiger partial charge in [0.15, 0.2) is 5.82 Å². The lowest BCUT2D eigenvalue weighted by molar-refractivity contribution is 0.142. The fourth-order valence-electron chi connectivity index (χ4n) is 3.38. The Hall–Kier alpha value is -2.22. The van der Waals surface area contributed by atoms with Crippen LogP contribution in [0.15, 0.2) is 18.2 Å². The summed E-state index contributed by atoms with van der Waals surface area (Å²) in [5.41, 5.74) is 1.50. The summed E-state index contributed by atoms with van der Waals surface area (Å²) < 4.78 is 25.4. The Labute approximate surface area is 145 Å². The third-order valence-corrected chi connectivity index (χ3v) is 4.74. The number of aromatic nitrogens is 2. The number of rotatable bonds is 5. The van der Waals surface area contributed by atoms with Gasteiger partial charge in [0.25, 0.3) is 6.43 Å². The molecule has 2 amide bonds. The number of fused-ring (bicyclic) bond motifs is 1. The van der Waals surface area contributed by atoms with E-state index in [1.807, 2.05) is 0 Å². The Kier molecular flexibility index (Phi) is 5.17. The maximum Gasteiger partial charge on any atom is 0.321 e.